The Balaban J connectivity index is 2.37. The van der Waals surface area contributed by atoms with Crippen molar-refractivity contribution in [1.82, 2.24) is 9.97 Å². The lowest BCUT2D eigenvalue weighted by Crippen LogP contribution is -2.03. The molecule has 0 bridgehead atoms. The van der Waals surface area contributed by atoms with E-state index in [9.17, 15) is 4.39 Å². The van der Waals surface area contributed by atoms with E-state index >= 15 is 0 Å². The summed E-state index contributed by atoms with van der Waals surface area (Å²) in [5.41, 5.74) is 0.772. The van der Waals surface area contributed by atoms with E-state index < -0.39 is 5.82 Å². The molecule has 0 spiro atoms. The largest absolute Gasteiger partial charge is 0.438 e. The molecule has 0 aliphatic heterocycles. The van der Waals surface area contributed by atoms with Gasteiger partial charge in [0.15, 0.2) is 0 Å². The molecule has 4 nitrogen and oxygen atoms in total. The second-order valence-corrected chi connectivity index (χ2v) is 4.38. The summed E-state index contributed by atoms with van der Waals surface area (Å²) in [7, 11) is 1.77. The molecule has 0 unspecified atom stereocenters. The van der Waals surface area contributed by atoms with Crippen molar-refractivity contribution in [3.63, 3.8) is 0 Å². The Labute approximate surface area is 115 Å². The minimum Gasteiger partial charge on any atom is -0.438 e. The molecule has 0 atom stereocenters. The highest BCUT2D eigenvalue weighted by Crippen LogP contribution is 2.29. The summed E-state index contributed by atoms with van der Waals surface area (Å²) in [6, 6.07) is 4.16. The first kappa shape index (κ1) is 13.5. The predicted molar refractivity (Wildman–Crippen MR) is 72.5 cm³/mol. The highest BCUT2D eigenvalue weighted by atomic mass is 35.5. The summed E-state index contributed by atoms with van der Waals surface area (Å²) < 4.78 is 18.7. The van der Waals surface area contributed by atoms with Crippen molar-refractivity contribution in [3.05, 3.63) is 40.4 Å². The highest BCUT2D eigenvalue weighted by Gasteiger charge is 2.11. The van der Waals surface area contributed by atoms with Gasteiger partial charge in [-0.05, 0) is 26.0 Å². The smallest absolute Gasteiger partial charge is 0.227 e. The molecule has 19 heavy (non-hydrogen) atoms. The summed E-state index contributed by atoms with van der Waals surface area (Å²) in [5.74, 6) is 1.63. The monoisotopic (exact) mass is 281 g/mol. The van der Waals surface area contributed by atoms with Crippen molar-refractivity contribution < 1.29 is 9.13 Å². The first-order valence-corrected chi connectivity index (χ1v) is 6.05. The van der Waals surface area contributed by atoms with Crippen molar-refractivity contribution in [3.8, 4) is 11.6 Å². The molecule has 1 N–H and O–H groups in total. The topological polar surface area (TPSA) is 47.0 Å². The lowest BCUT2D eigenvalue weighted by molar-refractivity contribution is 0.454. The molecule has 1 aromatic heterocycles. The molecule has 100 valence electrons. The van der Waals surface area contributed by atoms with Gasteiger partial charge in [0.25, 0.3) is 0 Å². The zero-order valence-electron chi connectivity index (χ0n) is 10.8. The molecular weight excluding hydrogens is 269 g/mol. The predicted octanol–water partition coefficient (Wildman–Crippen LogP) is 3.72. The highest BCUT2D eigenvalue weighted by molar-refractivity contribution is 6.30. The fourth-order valence-corrected chi connectivity index (χ4v) is 1.77. The minimum atomic E-state index is -0.486. The molecule has 0 amide bonds. The van der Waals surface area contributed by atoms with Crippen LogP contribution < -0.4 is 10.1 Å². The number of aryl methyl sites for hydroxylation is 1. The van der Waals surface area contributed by atoms with Crippen LogP contribution in [0.5, 0.6) is 11.6 Å². The molecule has 0 saturated heterocycles. The van der Waals surface area contributed by atoms with E-state index in [0.29, 0.717) is 23.3 Å². The zero-order valence-corrected chi connectivity index (χ0v) is 11.5. The maximum absolute atomic E-state index is 13.1. The number of nitrogens with one attached hydrogen (secondary N) is 1. The van der Waals surface area contributed by atoms with Gasteiger partial charge in [0.1, 0.15) is 23.2 Å². The number of ether oxygens (including phenoxy) is 1. The Hall–Kier alpha value is -1.88. The van der Waals surface area contributed by atoms with Crippen LogP contribution in [0.2, 0.25) is 5.02 Å². The fraction of sp³-hybridized carbons (Fsp3) is 0.231. The van der Waals surface area contributed by atoms with Gasteiger partial charge in [0, 0.05) is 13.1 Å². The summed E-state index contributed by atoms with van der Waals surface area (Å²) in [5, 5.41) is 2.97. The number of rotatable bonds is 3. The van der Waals surface area contributed by atoms with Crippen molar-refractivity contribution in [2.45, 2.75) is 13.8 Å². The Morgan fingerprint density at radius 1 is 1.26 bits per heavy atom. The third-order valence-corrected chi connectivity index (χ3v) is 2.85. The molecule has 0 fully saturated rings. The molecule has 2 rings (SSSR count). The van der Waals surface area contributed by atoms with E-state index in [1.165, 1.54) is 18.2 Å². The van der Waals surface area contributed by atoms with Crippen LogP contribution >= 0.6 is 11.6 Å². The second-order valence-electron chi connectivity index (χ2n) is 3.98. The van der Waals surface area contributed by atoms with Gasteiger partial charge in [-0.15, -0.1) is 0 Å². The number of anilines is 1. The van der Waals surface area contributed by atoms with Gasteiger partial charge in [-0.2, -0.15) is 4.98 Å². The third kappa shape index (κ3) is 2.93. The zero-order chi connectivity index (χ0) is 14.0. The number of hydrogen-bond donors (Lipinski definition) is 1. The first-order chi connectivity index (χ1) is 9.01. The van der Waals surface area contributed by atoms with Gasteiger partial charge in [-0.25, -0.2) is 9.37 Å². The lowest BCUT2D eigenvalue weighted by atomic mass is 10.3. The van der Waals surface area contributed by atoms with Crippen LogP contribution in [0.25, 0.3) is 0 Å². The standard InChI is InChI=1S/C13H13ClFN3O/c1-7-12(16-3)17-8(2)18-13(7)19-9-4-5-11(15)10(14)6-9/h4-6H,1-3H3,(H,16,17,18). The molecule has 0 aliphatic carbocycles. The number of hydrogen-bond acceptors (Lipinski definition) is 4. The Bertz CT molecular complexity index is 619. The van der Waals surface area contributed by atoms with Gasteiger partial charge < -0.3 is 10.1 Å². The Morgan fingerprint density at radius 3 is 2.63 bits per heavy atom. The molecule has 1 aromatic carbocycles. The fourth-order valence-electron chi connectivity index (χ4n) is 1.60. The average Bonchev–Trinajstić information content (AvgIpc) is 2.37. The minimum absolute atomic E-state index is 0.00905. The van der Waals surface area contributed by atoms with E-state index in [4.69, 9.17) is 16.3 Å². The number of nitrogens with zero attached hydrogens (tertiary/aromatic N) is 2. The van der Waals surface area contributed by atoms with E-state index in [0.717, 1.165) is 5.56 Å². The molecule has 2 aromatic rings. The third-order valence-electron chi connectivity index (χ3n) is 2.56. The number of aromatic nitrogens is 2. The number of halogens is 2. The maximum atomic E-state index is 13.1. The molecular formula is C13H13ClFN3O. The van der Waals surface area contributed by atoms with Crippen LogP contribution in [0.15, 0.2) is 18.2 Å². The van der Waals surface area contributed by atoms with Crippen molar-refractivity contribution in [2.75, 3.05) is 12.4 Å². The summed E-state index contributed by atoms with van der Waals surface area (Å²) in [6.45, 7) is 3.61. The van der Waals surface area contributed by atoms with Gasteiger partial charge in [-0.3, -0.25) is 0 Å². The SMILES string of the molecule is CNc1nc(C)nc(Oc2ccc(F)c(Cl)c2)c1C. The van der Waals surface area contributed by atoms with E-state index in [1.54, 1.807) is 14.0 Å². The van der Waals surface area contributed by atoms with Crippen LogP contribution in [-0.2, 0) is 0 Å². The van der Waals surface area contributed by atoms with Crippen LogP contribution in [-0.4, -0.2) is 17.0 Å². The van der Waals surface area contributed by atoms with Crippen molar-refractivity contribution in [1.29, 1.82) is 0 Å². The Morgan fingerprint density at radius 2 is 2.00 bits per heavy atom. The van der Waals surface area contributed by atoms with Crippen LogP contribution in [0.1, 0.15) is 11.4 Å². The van der Waals surface area contributed by atoms with Gasteiger partial charge >= 0.3 is 0 Å². The van der Waals surface area contributed by atoms with E-state index in [1.807, 2.05) is 6.92 Å². The average molecular weight is 282 g/mol. The molecule has 0 radical (unpaired) electrons. The van der Waals surface area contributed by atoms with E-state index in [-0.39, 0.29) is 5.02 Å². The summed E-state index contributed by atoms with van der Waals surface area (Å²) in [6.07, 6.45) is 0. The van der Waals surface area contributed by atoms with Gasteiger partial charge in [0.05, 0.1) is 10.6 Å². The molecule has 1 heterocycles. The normalized spacial score (nSPS) is 10.4. The van der Waals surface area contributed by atoms with Gasteiger partial charge in [-0.1, -0.05) is 11.6 Å². The molecule has 6 heteroatoms. The summed E-state index contributed by atoms with van der Waals surface area (Å²) in [4.78, 5) is 8.46. The quantitative estimate of drug-likeness (QED) is 0.931. The Kier molecular flexibility index (Phi) is 3.85. The molecule has 0 aliphatic rings. The van der Waals surface area contributed by atoms with Crippen LogP contribution in [0.3, 0.4) is 0 Å². The van der Waals surface area contributed by atoms with Crippen molar-refractivity contribution >= 4 is 17.4 Å². The van der Waals surface area contributed by atoms with Gasteiger partial charge in [0.2, 0.25) is 5.88 Å². The molecule has 0 saturated carbocycles. The van der Waals surface area contributed by atoms with Crippen LogP contribution in [0, 0.1) is 19.7 Å². The van der Waals surface area contributed by atoms with Crippen LogP contribution in [0.4, 0.5) is 10.2 Å². The first-order valence-electron chi connectivity index (χ1n) is 5.67. The van der Waals surface area contributed by atoms with Crippen molar-refractivity contribution in [2.24, 2.45) is 0 Å². The maximum Gasteiger partial charge on any atom is 0.227 e. The lowest BCUT2D eigenvalue weighted by Gasteiger charge is -2.11. The van der Waals surface area contributed by atoms with E-state index in [2.05, 4.69) is 15.3 Å². The second kappa shape index (κ2) is 5.40. The number of benzene rings is 1. The summed E-state index contributed by atoms with van der Waals surface area (Å²) >= 11 is 5.71.